The highest BCUT2D eigenvalue weighted by molar-refractivity contribution is 7.88. The zero-order valence-electron chi connectivity index (χ0n) is 11.6. The molecule has 0 fully saturated rings. The lowest BCUT2D eigenvalue weighted by atomic mass is 9.92. The number of carboxylic acid groups (broad SMARTS) is 1. The molecule has 0 heterocycles. The molecule has 2 N–H and O–H groups in total. The summed E-state index contributed by atoms with van der Waals surface area (Å²) in [5, 5.41) is 10.4. The SMILES string of the molecule is O=C([O-])NS(=O)(=O)NCC(c1ccccc1)c1ccccc1. The van der Waals surface area contributed by atoms with Crippen molar-refractivity contribution in [2.24, 2.45) is 0 Å². The van der Waals surface area contributed by atoms with Gasteiger partial charge in [-0.1, -0.05) is 60.7 Å². The van der Waals surface area contributed by atoms with Crippen molar-refractivity contribution >= 4 is 16.3 Å². The molecule has 7 heteroatoms. The lowest BCUT2D eigenvalue weighted by molar-refractivity contribution is -0.248. The molecule has 0 bridgehead atoms. The van der Waals surface area contributed by atoms with Crippen molar-refractivity contribution in [3.63, 3.8) is 0 Å². The first kappa shape index (κ1) is 16.0. The second-order valence-corrected chi connectivity index (χ2v) is 6.12. The lowest BCUT2D eigenvalue weighted by Crippen LogP contribution is -2.47. The largest absolute Gasteiger partial charge is 0.529 e. The number of carbonyl (C=O) groups excluding carboxylic acids is 1. The van der Waals surface area contributed by atoms with E-state index in [-0.39, 0.29) is 12.5 Å². The van der Waals surface area contributed by atoms with Crippen molar-refractivity contribution in [3.05, 3.63) is 71.8 Å². The van der Waals surface area contributed by atoms with Crippen LogP contribution in [0.2, 0.25) is 0 Å². The molecule has 0 saturated heterocycles. The van der Waals surface area contributed by atoms with Crippen molar-refractivity contribution in [2.45, 2.75) is 5.92 Å². The third-order valence-electron chi connectivity index (χ3n) is 3.10. The molecule has 0 aliphatic carbocycles. The van der Waals surface area contributed by atoms with Gasteiger partial charge in [-0.3, -0.25) is 4.72 Å². The molecule has 0 aliphatic heterocycles. The summed E-state index contributed by atoms with van der Waals surface area (Å²) in [5.74, 6) is -0.235. The minimum atomic E-state index is -4.15. The number of benzene rings is 2. The maximum Gasteiger partial charge on any atom is 0.300 e. The molecule has 1 amide bonds. The minimum Gasteiger partial charge on any atom is -0.529 e. The van der Waals surface area contributed by atoms with Crippen LogP contribution in [0.4, 0.5) is 4.79 Å². The van der Waals surface area contributed by atoms with E-state index in [1.54, 1.807) is 0 Å². The summed E-state index contributed by atoms with van der Waals surface area (Å²) in [7, 11) is -4.15. The summed E-state index contributed by atoms with van der Waals surface area (Å²) in [6, 6.07) is 18.7. The molecule has 6 nitrogen and oxygen atoms in total. The van der Waals surface area contributed by atoms with Gasteiger partial charge in [0.1, 0.15) is 6.09 Å². The van der Waals surface area contributed by atoms with E-state index < -0.39 is 16.3 Å². The van der Waals surface area contributed by atoms with Gasteiger partial charge in [0.05, 0.1) is 0 Å². The second kappa shape index (κ2) is 7.06. The fraction of sp³-hybridized carbons (Fsp3) is 0.133. The first-order valence-corrected chi connectivity index (χ1v) is 8.04. The molecular weight excluding hydrogens is 304 g/mol. The smallest absolute Gasteiger partial charge is 0.300 e. The van der Waals surface area contributed by atoms with E-state index in [1.807, 2.05) is 60.7 Å². The first-order valence-electron chi connectivity index (χ1n) is 6.56. The van der Waals surface area contributed by atoms with Crippen LogP contribution in [0, 0.1) is 0 Å². The second-order valence-electron chi connectivity index (χ2n) is 4.62. The predicted molar refractivity (Wildman–Crippen MR) is 80.2 cm³/mol. The van der Waals surface area contributed by atoms with E-state index in [4.69, 9.17) is 0 Å². The quantitative estimate of drug-likeness (QED) is 0.814. The van der Waals surface area contributed by atoms with Gasteiger partial charge in [0.25, 0.3) is 10.2 Å². The fourth-order valence-electron chi connectivity index (χ4n) is 2.14. The Morgan fingerprint density at radius 1 is 0.955 bits per heavy atom. The summed E-state index contributed by atoms with van der Waals surface area (Å²) in [6.45, 7) is 0.0244. The standard InChI is InChI=1S/C15H16N2O4S/c18-15(19)17-22(20,21)16-11-14(12-7-3-1-4-8-12)13-9-5-2-6-10-13/h1-10,14,16-17H,11H2,(H,18,19)/p-1. The zero-order chi connectivity index (χ0) is 16.0. The fourth-order valence-corrected chi connectivity index (χ4v) is 2.82. The number of rotatable bonds is 6. The third-order valence-corrected chi connectivity index (χ3v) is 4.08. The Morgan fingerprint density at radius 3 is 1.82 bits per heavy atom. The van der Waals surface area contributed by atoms with Crippen LogP contribution in [0.5, 0.6) is 0 Å². The number of carbonyl (C=O) groups is 1. The summed E-state index contributed by atoms with van der Waals surface area (Å²) in [5.41, 5.74) is 1.84. The monoisotopic (exact) mass is 319 g/mol. The topological polar surface area (TPSA) is 98.3 Å². The predicted octanol–water partition coefficient (Wildman–Crippen LogP) is 0.586. The molecule has 116 valence electrons. The van der Waals surface area contributed by atoms with Crippen LogP contribution in [0.25, 0.3) is 0 Å². The molecule has 0 atom stereocenters. The van der Waals surface area contributed by atoms with E-state index in [1.165, 1.54) is 4.72 Å². The molecule has 0 aromatic heterocycles. The van der Waals surface area contributed by atoms with Crippen LogP contribution in [0.3, 0.4) is 0 Å². The van der Waals surface area contributed by atoms with Crippen LogP contribution in [-0.4, -0.2) is 21.1 Å². The van der Waals surface area contributed by atoms with Crippen LogP contribution in [0.1, 0.15) is 17.0 Å². The van der Waals surface area contributed by atoms with Gasteiger partial charge < -0.3 is 9.90 Å². The molecule has 22 heavy (non-hydrogen) atoms. The summed E-state index contributed by atoms with van der Waals surface area (Å²) in [4.78, 5) is 10.4. The number of hydrogen-bond donors (Lipinski definition) is 2. The van der Waals surface area contributed by atoms with Gasteiger partial charge in [-0.15, -0.1) is 0 Å². The normalized spacial score (nSPS) is 11.3. The number of amides is 1. The Labute approximate surface area is 129 Å². The van der Waals surface area contributed by atoms with Crippen molar-refractivity contribution in [3.8, 4) is 0 Å². The van der Waals surface area contributed by atoms with Gasteiger partial charge in [0.2, 0.25) is 0 Å². The number of hydrogen-bond acceptors (Lipinski definition) is 4. The Hall–Kier alpha value is -2.38. The molecule has 0 aliphatic rings. The van der Waals surface area contributed by atoms with Crippen LogP contribution < -0.4 is 14.6 Å². The molecular formula is C15H15N2O4S-. The molecule has 0 unspecified atom stereocenters. The van der Waals surface area contributed by atoms with Crippen molar-refractivity contribution < 1.29 is 18.3 Å². The highest BCUT2D eigenvalue weighted by Crippen LogP contribution is 2.23. The van der Waals surface area contributed by atoms with Gasteiger partial charge >= 0.3 is 0 Å². The van der Waals surface area contributed by atoms with Gasteiger partial charge in [0, 0.05) is 12.5 Å². The first-order chi connectivity index (χ1) is 10.5. The highest BCUT2D eigenvalue weighted by atomic mass is 32.2. The maximum atomic E-state index is 11.6. The van der Waals surface area contributed by atoms with Gasteiger partial charge in [-0.25, -0.2) is 0 Å². The molecule has 2 aromatic carbocycles. The van der Waals surface area contributed by atoms with Gasteiger partial charge in [-0.05, 0) is 11.1 Å². The Balaban J connectivity index is 2.22. The van der Waals surface area contributed by atoms with E-state index >= 15 is 0 Å². The van der Waals surface area contributed by atoms with E-state index in [0.29, 0.717) is 0 Å². The lowest BCUT2D eigenvalue weighted by Gasteiger charge is -2.19. The summed E-state index contributed by atoms with van der Waals surface area (Å²) < 4.78 is 26.7. The minimum absolute atomic E-state index is 0.0244. The Bertz CT molecular complexity index is 678. The Morgan fingerprint density at radius 2 is 1.41 bits per heavy atom. The van der Waals surface area contributed by atoms with E-state index in [0.717, 1.165) is 11.1 Å². The summed E-state index contributed by atoms with van der Waals surface area (Å²) in [6.07, 6.45) is -1.87. The average molecular weight is 319 g/mol. The number of nitrogens with one attached hydrogen (secondary N) is 2. The van der Waals surface area contributed by atoms with Gasteiger partial charge in [-0.2, -0.15) is 13.1 Å². The Kier molecular flexibility index (Phi) is 5.13. The van der Waals surface area contributed by atoms with Crippen LogP contribution in [-0.2, 0) is 10.2 Å². The molecule has 0 spiro atoms. The van der Waals surface area contributed by atoms with Crippen molar-refractivity contribution in [1.82, 2.24) is 9.44 Å². The average Bonchev–Trinajstić information content (AvgIpc) is 2.48. The van der Waals surface area contributed by atoms with Crippen molar-refractivity contribution in [2.75, 3.05) is 6.54 Å². The van der Waals surface area contributed by atoms with Crippen LogP contribution in [0.15, 0.2) is 60.7 Å². The molecule has 0 saturated carbocycles. The highest BCUT2D eigenvalue weighted by Gasteiger charge is 2.17. The molecule has 2 aromatic rings. The van der Waals surface area contributed by atoms with E-state index in [9.17, 15) is 18.3 Å². The van der Waals surface area contributed by atoms with Gasteiger partial charge in [0.15, 0.2) is 0 Å². The molecule has 2 rings (SSSR count). The zero-order valence-corrected chi connectivity index (χ0v) is 12.4. The third kappa shape index (κ3) is 4.57. The maximum absolute atomic E-state index is 11.6. The molecule has 0 radical (unpaired) electrons. The van der Waals surface area contributed by atoms with Crippen LogP contribution >= 0.6 is 0 Å². The van der Waals surface area contributed by atoms with E-state index in [2.05, 4.69) is 4.72 Å². The summed E-state index contributed by atoms with van der Waals surface area (Å²) >= 11 is 0. The van der Waals surface area contributed by atoms with Crippen molar-refractivity contribution in [1.29, 1.82) is 0 Å².